The number of ether oxygens (including phenoxy) is 2. The van der Waals surface area contributed by atoms with Gasteiger partial charge in [0.05, 0.1) is 23.1 Å². The van der Waals surface area contributed by atoms with Gasteiger partial charge in [-0.3, -0.25) is 14.4 Å². The number of nitrogens with zero attached hydrogens (tertiary/aromatic N) is 1. The number of oxime groups is 1. The van der Waals surface area contributed by atoms with Crippen molar-refractivity contribution in [2.75, 3.05) is 13.2 Å². The lowest BCUT2D eigenvalue weighted by Crippen LogP contribution is -2.57. The van der Waals surface area contributed by atoms with E-state index in [1.165, 1.54) is 6.07 Å². The molecule has 1 heterocycles. The number of hydrogen-bond acceptors (Lipinski definition) is 9. The number of rotatable bonds is 16. The zero-order valence-electron chi connectivity index (χ0n) is 26.9. The molecule has 256 valence electrons. The van der Waals surface area contributed by atoms with Crippen molar-refractivity contribution in [3.05, 3.63) is 103 Å². The number of hydrogen-bond donors (Lipinski definition) is 3. The van der Waals surface area contributed by atoms with Crippen LogP contribution in [0.15, 0.2) is 113 Å². The summed E-state index contributed by atoms with van der Waals surface area (Å²) < 4.78 is 41.4. The lowest BCUT2D eigenvalue weighted by atomic mass is 9.89. The van der Waals surface area contributed by atoms with E-state index in [2.05, 4.69) is 15.2 Å². The number of fused-ring (bicyclic) bond motifs is 1. The number of carbonyl (C=O) groups is 3. The van der Waals surface area contributed by atoms with E-state index in [1.54, 1.807) is 86.6 Å². The molecule has 4 aromatic rings. The Labute approximate surface area is 284 Å². The first-order valence-corrected chi connectivity index (χ1v) is 17.1. The number of Topliss-reactive ketones (excluding diaryl/α,β-unsaturated/α-hetero) is 1. The van der Waals surface area contributed by atoms with Gasteiger partial charge in [-0.1, -0.05) is 85.7 Å². The van der Waals surface area contributed by atoms with Crippen LogP contribution in [0.1, 0.15) is 26.7 Å². The van der Waals surface area contributed by atoms with Gasteiger partial charge in [-0.15, -0.1) is 0 Å². The number of aliphatic carboxylic acids is 1. The standard InChI is InChI=1S/C36H37N3O9S/c1-24(2)34(39-49(44,45)29-18-17-25-11-9-10-12-26(25)19-29)31-21-36(48-38-31,23-47-28-15-7-4-8-16-28)35(43)37-30(20-33(41)42)32(40)22-46-27-13-5-3-6-14-27/h3-19,24,30,34,39H,20-23H2,1-2H3,(H,37,43)(H,41,42). The number of carbonyl (C=O) groups excluding carboxylic acids is 2. The fourth-order valence-electron chi connectivity index (χ4n) is 5.29. The number of amides is 1. The van der Waals surface area contributed by atoms with E-state index in [9.17, 15) is 27.9 Å². The molecule has 0 aromatic heterocycles. The Morgan fingerprint density at radius 2 is 1.49 bits per heavy atom. The van der Waals surface area contributed by atoms with Crippen LogP contribution in [0.3, 0.4) is 0 Å². The highest BCUT2D eigenvalue weighted by Gasteiger charge is 2.51. The van der Waals surface area contributed by atoms with Gasteiger partial charge in [0.1, 0.15) is 30.8 Å². The van der Waals surface area contributed by atoms with Crippen LogP contribution in [0.2, 0.25) is 0 Å². The van der Waals surface area contributed by atoms with E-state index in [-0.39, 0.29) is 29.6 Å². The van der Waals surface area contributed by atoms with Crippen LogP contribution in [0.4, 0.5) is 0 Å². The summed E-state index contributed by atoms with van der Waals surface area (Å²) >= 11 is 0. The number of benzene rings is 4. The first-order chi connectivity index (χ1) is 23.5. The summed E-state index contributed by atoms with van der Waals surface area (Å²) in [7, 11) is -4.06. The van der Waals surface area contributed by atoms with E-state index in [0.717, 1.165) is 10.8 Å². The molecular weight excluding hydrogens is 650 g/mol. The molecule has 12 nitrogen and oxygen atoms in total. The minimum Gasteiger partial charge on any atom is -0.489 e. The van der Waals surface area contributed by atoms with Crippen molar-refractivity contribution in [1.82, 2.24) is 10.0 Å². The normalized spacial score (nSPS) is 17.1. The second-order valence-corrected chi connectivity index (χ2v) is 13.7. The van der Waals surface area contributed by atoms with E-state index >= 15 is 0 Å². The van der Waals surface area contributed by atoms with Crippen molar-refractivity contribution in [3.63, 3.8) is 0 Å². The number of carboxylic acid groups (broad SMARTS) is 1. The Morgan fingerprint density at radius 3 is 2.12 bits per heavy atom. The second-order valence-electron chi connectivity index (χ2n) is 12.0. The van der Waals surface area contributed by atoms with Crippen molar-refractivity contribution in [2.45, 2.75) is 49.3 Å². The third-order valence-electron chi connectivity index (χ3n) is 7.97. The molecule has 0 saturated heterocycles. The van der Waals surface area contributed by atoms with Gasteiger partial charge < -0.3 is 24.7 Å². The molecule has 4 aromatic carbocycles. The van der Waals surface area contributed by atoms with E-state index in [4.69, 9.17) is 14.3 Å². The van der Waals surface area contributed by atoms with Crippen molar-refractivity contribution in [3.8, 4) is 11.5 Å². The van der Waals surface area contributed by atoms with E-state index < -0.39 is 58.4 Å². The summed E-state index contributed by atoms with van der Waals surface area (Å²) in [6, 6.07) is 26.9. The predicted molar refractivity (Wildman–Crippen MR) is 182 cm³/mol. The molecule has 0 saturated carbocycles. The zero-order valence-corrected chi connectivity index (χ0v) is 27.8. The van der Waals surface area contributed by atoms with Crippen LogP contribution >= 0.6 is 0 Å². The molecule has 3 atom stereocenters. The Kier molecular flexibility index (Phi) is 10.9. The summed E-state index contributed by atoms with van der Waals surface area (Å²) in [5.74, 6) is -2.38. The van der Waals surface area contributed by atoms with Gasteiger partial charge in [-0.2, -0.15) is 0 Å². The number of nitrogens with one attached hydrogen (secondary N) is 2. The summed E-state index contributed by atoms with van der Waals surface area (Å²) in [6.07, 6.45) is -0.935. The fourth-order valence-corrected chi connectivity index (χ4v) is 6.70. The molecular formula is C36H37N3O9S. The number of ketones is 1. The van der Waals surface area contributed by atoms with Crippen LogP contribution < -0.4 is 19.5 Å². The Hall–Kier alpha value is -5.27. The molecule has 3 unspecified atom stereocenters. The third kappa shape index (κ3) is 8.80. The molecule has 1 aliphatic heterocycles. The van der Waals surface area contributed by atoms with E-state index in [0.29, 0.717) is 11.5 Å². The first kappa shape index (κ1) is 35.0. The summed E-state index contributed by atoms with van der Waals surface area (Å²) in [6.45, 7) is 2.72. The smallest absolute Gasteiger partial charge is 0.305 e. The van der Waals surface area contributed by atoms with Crippen LogP contribution in [-0.2, 0) is 29.2 Å². The van der Waals surface area contributed by atoms with Crippen LogP contribution in [0.5, 0.6) is 11.5 Å². The maximum absolute atomic E-state index is 14.0. The van der Waals surface area contributed by atoms with Gasteiger partial charge in [0.25, 0.3) is 11.5 Å². The van der Waals surface area contributed by atoms with Gasteiger partial charge in [-0.05, 0) is 53.1 Å². The Balaban J connectivity index is 1.37. The SMILES string of the molecule is CC(C)C(NS(=O)(=O)c1ccc2ccccc2c1)C1=NOC(COc2ccccc2)(C(=O)NC(CC(=O)O)C(=O)COc2ccccc2)C1. The molecule has 1 amide bonds. The molecule has 0 bridgehead atoms. The maximum Gasteiger partial charge on any atom is 0.305 e. The van der Waals surface area contributed by atoms with Gasteiger partial charge >= 0.3 is 5.97 Å². The zero-order chi connectivity index (χ0) is 35.0. The van der Waals surface area contributed by atoms with Gasteiger partial charge in [0.15, 0.2) is 5.78 Å². The molecule has 49 heavy (non-hydrogen) atoms. The minimum atomic E-state index is -4.06. The molecule has 1 aliphatic rings. The van der Waals surface area contributed by atoms with Gasteiger partial charge in [0.2, 0.25) is 10.0 Å². The highest BCUT2D eigenvalue weighted by Crippen LogP contribution is 2.30. The molecule has 5 rings (SSSR count). The predicted octanol–water partition coefficient (Wildman–Crippen LogP) is 4.34. The lowest BCUT2D eigenvalue weighted by molar-refractivity contribution is -0.151. The molecule has 13 heteroatoms. The third-order valence-corrected chi connectivity index (χ3v) is 9.41. The van der Waals surface area contributed by atoms with Crippen LogP contribution in [-0.4, -0.2) is 67.8 Å². The Morgan fingerprint density at radius 1 is 0.878 bits per heavy atom. The molecule has 0 aliphatic carbocycles. The Bertz CT molecular complexity index is 1940. The maximum atomic E-state index is 14.0. The van der Waals surface area contributed by atoms with Crippen molar-refractivity contribution >= 4 is 44.2 Å². The average molecular weight is 688 g/mol. The van der Waals surface area contributed by atoms with Crippen molar-refractivity contribution < 1.29 is 42.2 Å². The summed E-state index contributed by atoms with van der Waals surface area (Å²) in [4.78, 5) is 44.7. The van der Waals surface area contributed by atoms with E-state index in [1.807, 2.05) is 24.3 Å². The van der Waals surface area contributed by atoms with Crippen LogP contribution in [0, 0.1) is 5.92 Å². The first-order valence-electron chi connectivity index (χ1n) is 15.6. The van der Waals surface area contributed by atoms with Crippen molar-refractivity contribution in [2.24, 2.45) is 11.1 Å². The quantitative estimate of drug-likeness (QED) is 0.155. The number of carboxylic acids is 1. The molecule has 0 spiro atoms. The fraction of sp³-hybridized carbons (Fsp3) is 0.278. The summed E-state index contributed by atoms with van der Waals surface area (Å²) in [5, 5.41) is 17.9. The van der Waals surface area contributed by atoms with Crippen LogP contribution in [0.25, 0.3) is 10.8 Å². The highest BCUT2D eigenvalue weighted by molar-refractivity contribution is 7.89. The lowest BCUT2D eigenvalue weighted by Gasteiger charge is -2.28. The average Bonchev–Trinajstić information content (AvgIpc) is 3.54. The number of sulfonamides is 1. The topological polar surface area (TPSA) is 170 Å². The number of para-hydroxylation sites is 2. The molecule has 3 N–H and O–H groups in total. The van der Waals surface area contributed by atoms with Crippen molar-refractivity contribution in [1.29, 1.82) is 0 Å². The second kappa shape index (κ2) is 15.3. The highest BCUT2D eigenvalue weighted by atomic mass is 32.2. The monoisotopic (exact) mass is 687 g/mol. The molecule has 0 radical (unpaired) electrons. The largest absolute Gasteiger partial charge is 0.489 e. The van der Waals surface area contributed by atoms with Gasteiger partial charge in [-0.25, -0.2) is 13.1 Å². The minimum absolute atomic E-state index is 0.0560. The summed E-state index contributed by atoms with van der Waals surface area (Å²) in [5.41, 5.74) is -1.65. The molecule has 0 fully saturated rings. The van der Waals surface area contributed by atoms with Gasteiger partial charge in [0, 0.05) is 6.42 Å².